The van der Waals surface area contributed by atoms with Gasteiger partial charge in [0.2, 0.25) is 0 Å². The number of carbonyl (C=O) groups excluding carboxylic acids is 2. The Morgan fingerprint density at radius 3 is 2.32 bits per heavy atom. The van der Waals surface area contributed by atoms with E-state index in [0.29, 0.717) is 6.54 Å². The molecule has 1 aromatic rings. The maximum atomic E-state index is 12.4. The molecule has 6 heteroatoms. The molecule has 0 aromatic heterocycles. The molecule has 0 radical (unpaired) electrons. The summed E-state index contributed by atoms with van der Waals surface area (Å²) in [6.45, 7) is 4.44. The highest BCUT2D eigenvalue weighted by atomic mass is 32.1. The van der Waals surface area contributed by atoms with Crippen molar-refractivity contribution in [2.45, 2.75) is 32.6 Å². The van der Waals surface area contributed by atoms with Gasteiger partial charge in [-0.05, 0) is 55.8 Å². The van der Waals surface area contributed by atoms with Crippen molar-refractivity contribution in [2.75, 3.05) is 24.5 Å². The van der Waals surface area contributed by atoms with Crippen LogP contribution in [-0.4, -0.2) is 41.5 Å². The third-order valence-electron chi connectivity index (χ3n) is 4.68. The van der Waals surface area contributed by atoms with Gasteiger partial charge in [0.25, 0.3) is 11.8 Å². The van der Waals surface area contributed by atoms with Crippen molar-refractivity contribution in [1.82, 2.24) is 10.2 Å². The molecule has 0 aliphatic carbocycles. The molecule has 3 rings (SSSR count). The van der Waals surface area contributed by atoms with Crippen molar-refractivity contribution in [3.8, 4) is 0 Å². The molecular weight excluding hydrogens is 334 g/mol. The number of likely N-dealkylation sites (N-methyl/N-ethyl adjacent to an activating group) is 1. The molecule has 1 aromatic carbocycles. The van der Waals surface area contributed by atoms with Gasteiger partial charge in [0, 0.05) is 25.3 Å². The highest BCUT2D eigenvalue weighted by molar-refractivity contribution is 7.80. The van der Waals surface area contributed by atoms with Gasteiger partial charge in [0.1, 0.15) is 5.57 Å². The van der Waals surface area contributed by atoms with Crippen molar-refractivity contribution in [1.29, 1.82) is 0 Å². The maximum absolute atomic E-state index is 12.4. The molecule has 2 saturated heterocycles. The lowest BCUT2D eigenvalue weighted by molar-refractivity contribution is -0.128. The predicted molar refractivity (Wildman–Crippen MR) is 103 cm³/mol. The number of nitrogens with one attached hydrogen (secondary N) is 1. The molecule has 2 aliphatic rings. The van der Waals surface area contributed by atoms with E-state index in [0.717, 1.165) is 18.7 Å². The van der Waals surface area contributed by atoms with Crippen molar-refractivity contribution in [3.63, 3.8) is 0 Å². The summed E-state index contributed by atoms with van der Waals surface area (Å²) in [5.41, 5.74) is 2.15. The molecule has 0 saturated carbocycles. The minimum Gasteiger partial charge on any atom is -0.372 e. The van der Waals surface area contributed by atoms with Crippen LogP contribution in [0.25, 0.3) is 6.08 Å². The first-order chi connectivity index (χ1) is 12.1. The Labute approximate surface area is 153 Å². The summed E-state index contributed by atoms with van der Waals surface area (Å²) in [6, 6.07) is 8.03. The Bertz CT molecular complexity index is 704. The summed E-state index contributed by atoms with van der Waals surface area (Å²) >= 11 is 5.04. The molecule has 2 fully saturated rings. The first-order valence-electron chi connectivity index (χ1n) is 8.84. The van der Waals surface area contributed by atoms with Crippen LogP contribution in [0.4, 0.5) is 5.69 Å². The van der Waals surface area contributed by atoms with E-state index >= 15 is 0 Å². The van der Waals surface area contributed by atoms with Gasteiger partial charge in [-0.15, -0.1) is 0 Å². The molecular formula is C19H23N3O2S. The molecule has 25 heavy (non-hydrogen) atoms. The second kappa shape index (κ2) is 7.78. The van der Waals surface area contributed by atoms with Crippen LogP contribution in [0.15, 0.2) is 29.8 Å². The van der Waals surface area contributed by atoms with Gasteiger partial charge in [-0.3, -0.25) is 19.8 Å². The van der Waals surface area contributed by atoms with Gasteiger partial charge in [-0.25, -0.2) is 0 Å². The SMILES string of the molecule is CCN1C(=O)/C(=C/c2ccc(N3CCCCCC3)cc2)C(=O)NC1=S. The van der Waals surface area contributed by atoms with E-state index in [1.54, 1.807) is 6.08 Å². The van der Waals surface area contributed by atoms with E-state index < -0.39 is 5.91 Å². The van der Waals surface area contributed by atoms with Crippen molar-refractivity contribution >= 4 is 40.9 Å². The number of benzene rings is 1. The third-order valence-corrected chi connectivity index (χ3v) is 5.00. The molecule has 2 aliphatic heterocycles. The molecule has 2 heterocycles. The summed E-state index contributed by atoms with van der Waals surface area (Å²) < 4.78 is 0. The minimum absolute atomic E-state index is 0.123. The third kappa shape index (κ3) is 3.90. The maximum Gasteiger partial charge on any atom is 0.265 e. The van der Waals surface area contributed by atoms with Crippen LogP contribution >= 0.6 is 12.2 Å². The monoisotopic (exact) mass is 357 g/mol. The van der Waals surface area contributed by atoms with Crippen LogP contribution in [0, 0.1) is 0 Å². The zero-order chi connectivity index (χ0) is 17.8. The van der Waals surface area contributed by atoms with E-state index in [1.807, 2.05) is 19.1 Å². The molecule has 132 valence electrons. The number of nitrogens with zero attached hydrogens (tertiary/aromatic N) is 2. The van der Waals surface area contributed by atoms with E-state index in [2.05, 4.69) is 22.3 Å². The van der Waals surface area contributed by atoms with Crippen molar-refractivity contribution < 1.29 is 9.59 Å². The van der Waals surface area contributed by atoms with Crippen molar-refractivity contribution in [2.24, 2.45) is 0 Å². The number of rotatable bonds is 3. The van der Waals surface area contributed by atoms with Gasteiger partial charge < -0.3 is 4.90 Å². The van der Waals surface area contributed by atoms with Gasteiger partial charge in [-0.2, -0.15) is 0 Å². The Hall–Kier alpha value is -2.21. The zero-order valence-corrected chi connectivity index (χ0v) is 15.3. The molecule has 0 bridgehead atoms. The number of carbonyl (C=O) groups is 2. The van der Waals surface area contributed by atoms with Crippen molar-refractivity contribution in [3.05, 3.63) is 35.4 Å². The number of hydrogen-bond acceptors (Lipinski definition) is 4. The number of anilines is 1. The summed E-state index contributed by atoms with van der Waals surface area (Å²) in [7, 11) is 0. The second-order valence-corrected chi connectivity index (χ2v) is 6.75. The van der Waals surface area contributed by atoms with Crippen LogP contribution in [0.2, 0.25) is 0 Å². The fourth-order valence-electron chi connectivity index (χ4n) is 3.26. The number of hydrogen-bond donors (Lipinski definition) is 1. The zero-order valence-electron chi connectivity index (χ0n) is 14.5. The summed E-state index contributed by atoms with van der Waals surface area (Å²) in [5.74, 6) is -0.774. The lowest BCUT2D eigenvalue weighted by atomic mass is 10.1. The van der Waals surface area contributed by atoms with Gasteiger partial charge in [-0.1, -0.05) is 25.0 Å². The number of amides is 2. The molecule has 0 spiro atoms. The minimum atomic E-state index is -0.434. The van der Waals surface area contributed by atoms with Gasteiger partial charge in [0.05, 0.1) is 0 Å². The van der Waals surface area contributed by atoms with Crippen LogP contribution < -0.4 is 10.2 Å². The summed E-state index contributed by atoms with van der Waals surface area (Å²) in [6.07, 6.45) is 6.69. The molecule has 2 amide bonds. The molecule has 0 unspecified atom stereocenters. The highest BCUT2D eigenvalue weighted by Gasteiger charge is 2.32. The Kier molecular flexibility index (Phi) is 5.48. The van der Waals surface area contributed by atoms with E-state index in [9.17, 15) is 9.59 Å². The first kappa shape index (κ1) is 17.6. The van der Waals surface area contributed by atoms with Crippen LogP contribution in [0.1, 0.15) is 38.2 Å². The Morgan fingerprint density at radius 2 is 1.72 bits per heavy atom. The highest BCUT2D eigenvalue weighted by Crippen LogP contribution is 2.21. The largest absolute Gasteiger partial charge is 0.372 e. The topological polar surface area (TPSA) is 52.7 Å². The predicted octanol–water partition coefficient (Wildman–Crippen LogP) is 2.71. The molecule has 1 N–H and O–H groups in total. The summed E-state index contributed by atoms with van der Waals surface area (Å²) in [4.78, 5) is 28.3. The Balaban J connectivity index is 1.79. The van der Waals surface area contributed by atoms with Crippen LogP contribution in [0.5, 0.6) is 0 Å². The standard InChI is InChI=1S/C19H23N3O2S/c1-2-22-18(24)16(17(23)20-19(22)25)13-14-7-9-15(10-8-14)21-11-5-3-4-6-12-21/h7-10,13H,2-6,11-12H2,1H3,(H,20,23,25)/b16-13+. The quantitative estimate of drug-likeness (QED) is 0.513. The fraction of sp³-hybridized carbons (Fsp3) is 0.421. The van der Waals surface area contributed by atoms with E-state index in [4.69, 9.17) is 12.2 Å². The summed E-state index contributed by atoms with van der Waals surface area (Å²) in [5, 5.41) is 2.74. The van der Waals surface area contributed by atoms with Crippen LogP contribution in [-0.2, 0) is 9.59 Å². The molecule has 5 nitrogen and oxygen atoms in total. The number of thiocarbonyl (C=S) groups is 1. The van der Waals surface area contributed by atoms with E-state index in [1.165, 1.54) is 36.3 Å². The Morgan fingerprint density at radius 1 is 1.08 bits per heavy atom. The van der Waals surface area contributed by atoms with Gasteiger partial charge >= 0.3 is 0 Å². The normalized spacial score (nSPS) is 20.7. The average molecular weight is 357 g/mol. The van der Waals surface area contributed by atoms with Gasteiger partial charge in [0.15, 0.2) is 5.11 Å². The second-order valence-electron chi connectivity index (χ2n) is 6.36. The first-order valence-corrected chi connectivity index (χ1v) is 9.25. The average Bonchev–Trinajstić information content (AvgIpc) is 2.89. The van der Waals surface area contributed by atoms with E-state index in [-0.39, 0.29) is 16.6 Å². The van der Waals surface area contributed by atoms with Crippen LogP contribution in [0.3, 0.4) is 0 Å². The lowest BCUT2D eigenvalue weighted by Crippen LogP contribution is -2.53. The molecule has 0 atom stereocenters. The lowest BCUT2D eigenvalue weighted by Gasteiger charge is -2.27. The fourth-order valence-corrected chi connectivity index (χ4v) is 3.56. The smallest absolute Gasteiger partial charge is 0.265 e.